The van der Waals surface area contributed by atoms with Crippen molar-refractivity contribution >= 4 is 33.3 Å². The van der Waals surface area contributed by atoms with E-state index in [4.69, 9.17) is 4.74 Å². The Labute approximate surface area is 198 Å². The van der Waals surface area contributed by atoms with Crippen molar-refractivity contribution in [2.24, 2.45) is 0 Å². The van der Waals surface area contributed by atoms with E-state index in [0.717, 1.165) is 38.9 Å². The highest BCUT2D eigenvalue weighted by Crippen LogP contribution is 2.35. The van der Waals surface area contributed by atoms with Crippen LogP contribution in [0.5, 0.6) is 6.01 Å². The van der Waals surface area contributed by atoms with Crippen molar-refractivity contribution in [1.29, 1.82) is 0 Å². The largest absolute Gasteiger partial charge is 0.462 e. The molecule has 1 N–H and O–H groups in total. The van der Waals surface area contributed by atoms with Gasteiger partial charge in [0.05, 0.1) is 18.5 Å². The molecular formula is C21H26F3N7O2S. The fourth-order valence-corrected chi connectivity index (χ4v) is 4.92. The molecule has 0 fully saturated rings. The Bertz CT molecular complexity index is 1160. The SMILES string of the molecule is CCCC(=O)NCCOc1nc(N2CCn3c(nnc3C(F)(F)F)C2)c2cc(CCC)sc2n1. The lowest BCUT2D eigenvalue weighted by atomic mass is 10.2. The lowest BCUT2D eigenvalue weighted by Gasteiger charge is -2.29. The molecule has 3 aromatic heterocycles. The van der Waals surface area contributed by atoms with Gasteiger partial charge in [0.1, 0.15) is 17.3 Å². The summed E-state index contributed by atoms with van der Waals surface area (Å²) in [6, 6.07) is 2.20. The Balaban J connectivity index is 1.58. The van der Waals surface area contributed by atoms with E-state index >= 15 is 0 Å². The van der Waals surface area contributed by atoms with E-state index in [1.807, 2.05) is 17.9 Å². The molecule has 3 aromatic rings. The van der Waals surface area contributed by atoms with Gasteiger partial charge in [-0.1, -0.05) is 20.3 Å². The molecule has 1 amide bonds. The third-order valence-electron chi connectivity index (χ3n) is 5.34. The molecule has 4 heterocycles. The third kappa shape index (κ3) is 5.24. The van der Waals surface area contributed by atoms with Crippen LogP contribution in [0.15, 0.2) is 6.07 Å². The van der Waals surface area contributed by atoms with E-state index in [1.165, 1.54) is 0 Å². The minimum Gasteiger partial charge on any atom is -0.462 e. The number of thiophene rings is 1. The Morgan fingerprint density at radius 2 is 2.03 bits per heavy atom. The number of aryl methyl sites for hydroxylation is 1. The van der Waals surface area contributed by atoms with E-state index in [2.05, 4.69) is 32.4 Å². The van der Waals surface area contributed by atoms with E-state index in [-0.39, 0.29) is 37.4 Å². The molecule has 4 rings (SSSR count). The number of carbonyl (C=O) groups excluding carboxylic acids is 1. The third-order valence-corrected chi connectivity index (χ3v) is 6.43. The number of rotatable bonds is 9. The molecular weight excluding hydrogens is 471 g/mol. The predicted octanol–water partition coefficient (Wildman–Crippen LogP) is 3.57. The fraction of sp³-hybridized carbons (Fsp3) is 0.571. The molecule has 0 radical (unpaired) electrons. The summed E-state index contributed by atoms with van der Waals surface area (Å²) in [5, 5.41) is 10.7. The second-order valence-electron chi connectivity index (χ2n) is 7.97. The van der Waals surface area contributed by atoms with Crippen LogP contribution in [0.2, 0.25) is 0 Å². The predicted molar refractivity (Wildman–Crippen MR) is 121 cm³/mol. The maximum Gasteiger partial charge on any atom is 0.451 e. The van der Waals surface area contributed by atoms with Crippen LogP contribution in [-0.2, 0) is 30.5 Å². The summed E-state index contributed by atoms with van der Waals surface area (Å²) in [5.74, 6) is -0.196. The maximum absolute atomic E-state index is 13.2. The first-order valence-electron chi connectivity index (χ1n) is 11.2. The minimum atomic E-state index is -4.55. The highest BCUT2D eigenvalue weighted by molar-refractivity contribution is 7.18. The molecule has 13 heteroatoms. The van der Waals surface area contributed by atoms with Crippen LogP contribution >= 0.6 is 11.3 Å². The number of hydrogen-bond donors (Lipinski definition) is 1. The van der Waals surface area contributed by atoms with Gasteiger partial charge in [-0.3, -0.25) is 4.79 Å². The number of anilines is 1. The Morgan fingerprint density at radius 3 is 2.76 bits per heavy atom. The molecule has 34 heavy (non-hydrogen) atoms. The number of fused-ring (bicyclic) bond motifs is 2. The number of hydrogen-bond acceptors (Lipinski definition) is 8. The Hall–Kier alpha value is -2.96. The number of nitrogens with one attached hydrogen (secondary N) is 1. The summed E-state index contributed by atoms with van der Waals surface area (Å²) >= 11 is 1.55. The van der Waals surface area contributed by atoms with E-state index in [1.54, 1.807) is 11.3 Å². The van der Waals surface area contributed by atoms with Gasteiger partial charge in [-0.15, -0.1) is 21.5 Å². The normalized spacial score (nSPS) is 13.9. The van der Waals surface area contributed by atoms with Crippen LogP contribution in [0, 0.1) is 0 Å². The first kappa shape index (κ1) is 24.2. The Kier molecular flexibility index (Phi) is 7.19. The second-order valence-corrected chi connectivity index (χ2v) is 9.09. The summed E-state index contributed by atoms with van der Waals surface area (Å²) < 4.78 is 46.5. The van der Waals surface area contributed by atoms with Crippen molar-refractivity contribution in [3.8, 4) is 6.01 Å². The van der Waals surface area contributed by atoms with Gasteiger partial charge < -0.3 is 19.5 Å². The highest BCUT2D eigenvalue weighted by atomic mass is 32.1. The molecule has 0 saturated heterocycles. The van der Waals surface area contributed by atoms with Gasteiger partial charge in [0, 0.05) is 24.4 Å². The van der Waals surface area contributed by atoms with Crippen LogP contribution in [0.1, 0.15) is 49.6 Å². The number of halogens is 3. The topological polar surface area (TPSA) is 98.1 Å². The first-order valence-corrected chi connectivity index (χ1v) is 12.1. The number of amides is 1. The average Bonchev–Trinajstić information content (AvgIpc) is 3.39. The van der Waals surface area contributed by atoms with E-state index in [0.29, 0.717) is 25.3 Å². The van der Waals surface area contributed by atoms with Crippen molar-refractivity contribution in [3.05, 3.63) is 22.6 Å². The second kappa shape index (κ2) is 10.1. The molecule has 9 nitrogen and oxygen atoms in total. The molecule has 1 aliphatic rings. The molecule has 1 aliphatic heterocycles. The molecule has 0 spiro atoms. The van der Waals surface area contributed by atoms with Gasteiger partial charge in [-0.2, -0.15) is 23.1 Å². The average molecular weight is 498 g/mol. The van der Waals surface area contributed by atoms with Gasteiger partial charge in [0.25, 0.3) is 0 Å². The molecule has 184 valence electrons. The van der Waals surface area contributed by atoms with E-state index < -0.39 is 12.0 Å². The van der Waals surface area contributed by atoms with Crippen molar-refractivity contribution in [3.63, 3.8) is 0 Å². The van der Waals surface area contributed by atoms with Crippen molar-refractivity contribution in [2.45, 2.75) is 58.8 Å². The number of nitrogens with zero attached hydrogens (tertiary/aromatic N) is 6. The summed E-state index contributed by atoms with van der Waals surface area (Å²) in [6.07, 6.45) is -1.46. The van der Waals surface area contributed by atoms with Gasteiger partial charge in [0.15, 0.2) is 5.82 Å². The zero-order valence-electron chi connectivity index (χ0n) is 19.0. The summed E-state index contributed by atoms with van der Waals surface area (Å²) in [5.41, 5.74) is 0. The fourth-order valence-electron chi connectivity index (χ4n) is 3.81. The minimum absolute atomic E-state index is 0.0405. The molecule has 0 aromatic carbocycles. The van der Waals surface area contributed by atoms with Crippen molar-refractivity contribution < 1.29 is 22.7 Å². The van der Waals surface area contributed by atoms with Crippen LogP contribution < -0.4 is 15.0 Å². The highest BCUT2D eigenvalue weighted by Gasteiger charge is 2.39. The van der Waals surface area contributed by atoms with Crippen LogP contribution in [0.3, 0.4) is 0 Å². The first-order chi connectivity index (χ1) is 16.3. The maximum atomic E-state index is 13.2. The molecule has 0 aliphatic carbocycles. The number of carbonyl (C=O) groups is 1. The van der Waals surface area contributed by atoms with Gasteiger partial charge in [-0.05, 0) is 18.9 Å². The monoisotopic (exact) mass is 497 g/mol. The lowest BCUT2D eigenvalue weighted by molar-refractivity contribution is -0.147. The number of ether oxygens (including phenoxy) is 1. The summed E-state index contributed by atoms with van der Waals surface area (Å²) in [4.78, 5) is 24.5. The zero-order chi connectivity index (χ0) is 24.3. The van der Waals surface area contributed by atoms with Gasteiger partial charge >= 0.3 is 12.2 Å². The summed E-state index contributed by atoms with van der Waals surface area (Å²) in [6.45, 7) is 5.10. The summed E-state index contributed by atoms with van der Waals surface area (Å²) in [7, 11) is 0. The molecule has 0 unspecified atom stereocenters. The molecule has 0 saturated carbocycles. The van der Waals surface area contributed by atoms with Gasteiger partial charge in [0.2, 0.25) is 11.7 Å². The number of aromatic nitrogens is 5. The van der Waals surface area contributed by atoms with Crippen molar-refractivity contribution in [1.82, 2.24) is 30.0 Å². The smallest absolute Gasteiger partial charge is 0.451 e. The van der Waals surface area contributed by atoms with E-state index in [9.17, 15) is 18.0 Å². The Morgan fingerprint density at radius 1 is 1.21 bits per heavy atom. The lowest BCUT2D eigenvalue weighted by Crippen LogP contribution is -2.36. The number of alkyl halides is 3. The molecule has 0 atom stereocenters. The molecule has 0 bridgehead atoms. The zero-order valence-corrected chi connectivity index (χ0v) is 19.8. The quantitative estimate of drug-likeness (QED) is 0.452. The van der Waals surface area contributed by atoms with Crippen LogP contribution in [0.25, 0.3) is 10.2 Å². The standard InChI is InChI=1S/C21H26F3N7O2S/c1-3-5-13-11-14-17(30-8-9-31-15(12-30)28-29-19(31)21(22,23)24)26-20(27-18(14)34-13)33-10-7-25-16(32)6-4-2/h11H,3-10,12H2,1-2H3,(H,25,32). The van der Waals surface area contributed by atoms with Gasteiger partial charge in [-0.25, -0.2) is 0 Å². The van der Waals surface area contributed by atoms with Crippen LogP contribution in [0.4, 0.5) is 19.0 Å². The van der Waals surface area contributed by atoms with Crippen molar-refractivity contribution in [2.75, 3.05) is 24.6 Å². The van der Waals surface area contributed by atoms with Crippen LogP contribution in [-0.4, -0.2) is 50.3 Å².